The maximum atomic E-state index is 12.2. The minimum atomic E-state index is -0.178. The summed E-state index contributed by atoms with van der Waals surface area (Å²) in [5.74, 6) is 0.606. The van der Waals surface area contributed by atoms with E-state index in [9.17, 15) is 4.79 Å². The van der Waals surface area contributed by atoms with E-state index in [0.29, 0.717) is 19.6 Å². The van der Waals surface area contributed by atoms with E-state index in [4.69, 9.17) is 9.47 Å². The van der Waals surface area contributed by atoms with Crippen LogP contribution in [-0.4, -0.2) is 17.6 Å². The van der Waals surface area contributed by atoms with Crippen LogP contribution < -0.4 is 4.74 Å². The number of thiophene rings is 1. The van der Waals surface area contributed by atoms with Gasteiger partial charge in [0.1, 0.15) is 12.4 Å². The Morgan fingerprint density at radius 3 is 2.72 bits per heavy atom. The van der Waals surface area contributed by atoms with Gasteiger partial charge in [-0.15, -0.1) is 11.3 Å². The zero-order valence-electron chi connectivity index (χ0n) is 16.3. The van der Waals surface area contributed by atoms with Crippen LogP contribution in [-0.2, 0) is 16.1 Å². The molecule has 1 atom stereocenters. The van der Waals surface area contributed by atoms with E-state index in [1.807, 2.05) is 67.0 Å². The molecule has 0 radical (unpaired) electrons. The Hall–Kier alpha value is -3.05. The number of hydrogen-bond donors (Lipinski definition) is 1. The summed E-state index contributed by atoms with van der Waals surface area (Å²) in [6, 6.07) is 20.3. The second-order valence-electron chi connectivity index (χ2n) is 6.80. The highest BCUT2D eigenvalue weighted by molar-refractivity contribution is 7.10. The van der Waals surface area contributed by atoms with E-state index in [0.717, 1.165) is 32.7 Å². The second-order valence-corrected chi connectivity index (χ2v) is 7.78. The van der Waals surface area contributed by atoms with Crippen molar-refractivity contribution in [3.63, 3.8) is 0 Å². The van der Waals surface area contributed by atoms with Crippen LogP contribution in [0.5, 0.6) is 5.75 Å². The monoisotopic (exact) mass is 405 g/mol. The van der Waals surface area contributed by atoms with E-state index in [1.54, 1.807) is 11.3 Å². The van der Waals surface area contributed by atoms with Crippen molar-refractivity contribution in [2.24, 2.45) is 0 Å². The van der Waals surface area contributed by atoms with Crippen LogP contribution in [0.4, 0.5) is 0 Å². The first-order chi connectivity index (χ1) is 14.2. The first-order valence-electron chi connectivity index (χ1n) is 9.71. The third-order valence-electron chi connectivity index (χ3n) is 4.87. The minimum absolute atomic E-state index is 0.0288. The first-order valence-corrected chi connectivity index (χ1v) is 10.6. The number of rotatable bonds is 8. The SMILES string of the molecule is CCOC(=O)CC(c1cccs1)c1c[nH]c2cc(OCc3ccccc3)ccc12. The number of carbonyl (C=O) groups excluding carboxylic acids is 1. The van der Waals surface area contributed by atoms with Crippen LogP contribution in [0.2, 0.25) is 0 Å². The van der Waals surface area contributed by atoms with E-state index in [2.05, 4.69) is 17.1 Å². The third-order valence-corrected chi connectivity index (χ3v) is 5.86. The zero-order chi connectivity index (χ0) is 20.1. The molecule has 4 rings (SSSR count). The van der Waals surface area contributed by atoms with Crippen LogP contribution in [0.25, 0.3) is 10.9 Å². The maximum absolute atomic E-state index is 12.2. The lowest BCUT2D eigenvalue weighted by Gasteiger charge is -2.14. The van der Waals surface area contributed by atoms with Crippen LogP contribution in [0, 0.1) is 0 Å². The van der Waals surface area contributed by atoms with E-state index in [-0.39, 0.29) is 11.9 Å². The van der Waals surface area contributed by atoms with Gasteiger partial charge in [-0.3, -0.25) is 4.79 Å². The molecule has 0 aliphatic carbocycles. The van der Waals surface area contributed by atoms with Gasteiger partial charge in [0.15, 0.2) is 0 Å². The summed E-state index contributed by atoms with van der Waals surface area (Å²) >= 11 is 1.66. The smallest absolute Gasteiger partial charge is 0.306 e. The van der Waals surface area contributed by atoms with Crippen molar-refractivity contribution < 1.29 is 14.3 Å². The summed E-state index contributed by atoms with van der Waals surface area (Å²) in [4.78, 5) is 16.7. The molecule has 2 aromatic carbocycles. The van der Waals surface area contributed by atoms with E-state index >= 15 is 0 Å². The van der Waals surface area contributed by atoms with Crippen molar-refractivity contribution in [3.8, 4) is 5.75 Å². The minimum Gasteiger partial charge on any atom is -0.489 e. The van der Waals surface area contributed by atoms with Gasteiger partial charge in [0.2, 0.25) is 0 Å². The molecule has 0 aliphatic rings. The average Bonchev–Trinajstić information content (AvgIpc) is 3.41. The number of fused-ring (bicyclic) bond motifs is 1. The molecule has 4 nitrogen and oxygen atoms in total. The molecular formula is C24H23NO3S. The Labute approximate surface area is 174 Å². The molecule has 0 fully saturated rings. The third kappa shape index (κ3) is 4.51. The number of aromatic nitrogens is 1. The number of aromatic amines is 1. The molecule has 1 unspecified atom stereocenters. The summed E-state index contributed by atoms with van der Waals surface area (Å²) in [5.41, 5.74) is 3.23. The number of ether oxygens (including phenoxy) is 2. The number of hydrogen-bond acceptors (Lipinski definition) is 4. The molecule has 2 heterocycles. The van der Waals surface area contributed by atoms with Crippen LogP contribution in [0.15, 0.2) is 72.2 Å². The summed E-state index contributed by atoms with van der Waals surface area (Å²) in [6.45, 7) is 2.76. The van der Waals surface area contributed by atoms with Gasteiger partial charge >= 0.3 is 5.97 Å². The van der Waals surface area contributed by atoms with Gasteiger partial charge in [0.25, 0.3) is 0 Å². The highest BCUT2D eigenvalue weighted by Gasteiger charge is 2.23. The summed E-state index contributed by atoms with van der Waals surface area (Å²) in [6.07, 6.45) is 2.32. The Morgan fingerprint density at radius 2 is 1.97 bits per heavy atom. The molecule has 0 aliphatic heterocycles. The number of carbonyl (C=O) groups is 1. The molecule has 0 amide bonds. The quantitative estimate of drug-likeness (QED) is 0.372. The summed E-state index contributed by atoms with van der Waals surface area (Å²) in [7, 11) is 0. The van der Waals surface area contributed by atoms with Crippen molar-refractivity contribution in [1.29, 1.82) is 0 Å². The van der Waals surface area contributed by atoms with Crippen molar-refractivity contribution in [2.75, 3.05) is 6.61 Å². The predicted octanol–water partition coefficient (Wildman–Crippen LogP) is 5.89. The maximum Gasteiger partial charge on any atom is 0.306 e. The van der Waals surface area contributed by atoms with Crippen molar-refractivity contribution in [3.05, 3.63) is 88.2 Å². The molecule has 1 N–H and O–H groups in total. The standard InChI is InChI=1S/C24H23NO3S/c1-2-27-24(26)14-20(23-9-6-12-29-23)21-15-25-22-13-18(10-11-19(21)22)28-16-17-7-4-3-5-8-17/h3-13,15,20,25H,2,14,16H2,1H3. The van der Waals surface area contributed by atoms with E-state index < -0.39 is 0 Å². The fourth-order valence-corrected chi connectivity index (χ4v) is 4.33. The Kier molecular flexibility index (Phi) is 5.96. The molecule has 0 saturated heterocycles. The molecule has 4 aromatic rings. The lowest BCUT2D eigenvalue weighted by molar-refractivity contribution is -0.143. The normalized spacial score (nSPS) is 12.0. The molecule has 0 spiro atoms. The van der Waals surface area contributed by atoms with Crippen molar-refractivity contribution in [1.82, 2.24) is 4.98 Å². The van der Waals surface area contributed by atoms with Gasteiger partial charge in [0.05, 0.1) is 13.0 Å². The molecule has 0 bridgehead atoms. The van der Waals surface area contributed by atoms with Gasteiger partial charge in [-0.05, 0) is 41.6 Å². The van der Waals surface area contributed by atoms with Gasteiger partial charge in [0, 0.05) is 34.0 Å². The number of nitrogens with one attached hydrogen (secondary N) is 1. The Morgan fingerprint density at radius 1 is 1.10 bits per heavy atom. The molecule has 148 valence electrons. The fraction of sp³-hybridized carbons (Fsp3) is 0.208. The molecule has 2 aromatic heterocycles. The lowest BCUT2D eigenvalue weighted by atomic mass is 9.93. The van der Waals surface area contributed by atoms with Gasteiger partial charge in [-0.2, -0.15) is 0 Å². The van der Waals surface area contributed by atoms with Gasteiger partial charge in [-0.25, -0.2) is 0 Å². The number of benzene rings is 2. The predicted molar refractivity (Wildman–Crippen MR) is 116 cm³/mol. The van der Waals surface area contributed by atoms with Crippen LogP contribution >= 0.6 is 11.3 Å². The Balaban J connectivity index is 1.58. The fourth-order valence-electron chi connectivity index (χ4n) is 3.49. The molecule has 29 heavy (non-hydrogen) atoms. The molecule has 0 saturated carbocycles. The van der Waals surface area contributed by atoms with Crippen LogP contribution in [0.1, 0.15) is 35.3 Å². The number of esters is 1. The topological polar surface area (TPSA) is 51.3 Å². The highest BCUT2D eigenvalue weighted by Crippen LogP contribution is 2.36. The average molecular weight is 406 g/mol. The molecule has 5 heteroatoms. The largest absolute Gasteiger partial charge is 0.489 e. The Bertz CT molecular complexity index is 1070. The number of H-pyrrole nitrogens is 1. The highest BCUT2D eigenvalue weighted by atomic mass is 32.1. The molecular weight excluding hydrogens is 382 g/mol. The summed E-state index contributed by atoms with van der Waals surface area (Å²) in [5, 5.41) is 3.14. The van der Waals surface area contributed by atoms with Gasteiger partial charge < -0.3 is 14.5 Å². The zero-order valence-corrected chi connectivity index (χ0v) is 17.1. The first kappa shape index (κ1) is 19.3. The van der Waals surface area contributed by atoms with Crippen molar-refractivity contribution in [2.45, 2.75) is 25.9 Å². The van der Waals surface area contributed by atoms with Gasteiger partial charge in [-0.1, -0.05) is 36.4 Å². The van der Waals surface area contributed by atoms with E-state index in [1.165, 1.54) is 0 Å². The van der Waals surface area contributed by atoms with Crippen LogP contribution in [0.3, 0.4) is 0 Å². The lowest BCUT2D eigenvalue weighted by Crippen LogP contribution is -2.10. The summed E-state index contributed by atoms with van der Waals surface area (Å²) < 4.78 is 11.2. The van der Waals surface area contributed by atoms with Crippen molar-refractivity contribution >= 4 is 28.2 Å². The second kappa shape index (κ2) is 8.97.